The van der Waals surface area contributed by atoms with Crippen LogP contribution in [0.25, 0.3) is 4.85 Å². The lowest BCUT2D eigenvalue weighted by atomic mass is 9.96. The highest BCUT2D eigenvalue weighted by atomic mass is 32.1. The van der Waals surface area contributed by atoms with Crippen molar-refractivity contribution in [3.63, 3.8) is 0 Å². The van der Waals surface area contributed by atoms with Gasteiger partial charge in [-0.25, -0.2) is 4.85 Å². The predicted molar refractivity (Wildman–Crippen MR) is 110 cm³/mol. The SMILES string of the molecule is [C-]#[N+]c1ccc(N2C(=O)C(C)(CC)N(c3ccc(C)cc3)C2=S)cc1C(F)(F)F. The lowest BCUT2D eigenvalue weighted by molar-refractivity contribution is -0.136. The molecule has 1 aliphatic rings. The van der Waals surface area contributed by atoms with E-state index in [9.17, 15) is 18.0 Å². The first kappa shape index (κ1) is 20.8. The Balaban J connectivity index is 2.14. The van der Waals surface area contributed by atoms with E-state index in [1.165, 1.54) is 6.07 Å². The first-order valence-corrected chi connectivity index (χ1v) is 9.29. The van der Waals surface area contributed by atoms with Gasteiger partial charge in [-0.15, -0.1) is 0 Å². The summed E-state index contributed by atoms with van der Waals surface area (Å²) in [6.07, 6.45) is -4.31. The summed E-state index contributed by atoms with van der Waals surface area (Å²) in [6, 6.07) is 10.6. The van der Waals surface area contributed by atoms with Crippen LogP contribution in [0.4, 0.5) is 30.2 Å². The Hall–Kier alpha value is -2.92. The first-order valence-electron chi connectivity index (χ1n) is 8.88. The fourth-order valence-corrected chi connectivity index (χ4v) is 3.84. The zero-order valence-corrected chi connectivity index (χ0v) is 16.9. The number of alkyl halides is 3. The number of halogens is 3. The number of hydrogen-bond donors (Lipinski definition) is 0. The summed E-state index contributed by atoms with van der Waals surface area (Å²) in [6.45, 7) is 12.5. The zero-order chi connectivity index (χ0) is 21.6. The average Bonchev–Trinajstić information content (AvgIpc) is 2.88. The van der Waals surface area contributed by atoms with Crippen molar-refractivity contribution in [1.29, 1.82) is 0 Å². The van der Waals surface area contributed by atoms with Gasteiger partial charge >= 0.3 is 6.18 Å². The van der Waals surface area contributed by atoms with Crippen molar-refractivity contribution in [3.05, 3.63) is 65.0 Å². The third-order valence-electron chi connectivity index (χ3n) is 5.18. The molecule has 3 rings (SSSR count). The largest absolute Gasteiger partial charge is 0.407 e. The van der Waals surface area contributed by atoms with Crippen molar-refractivity contribution in [3.8, 4) is 0 Å². The minimum Gasteiger partial charge on any atom is -0.303 e. The van der Waals surface area contributed by atoms with E-state index in [-0.39, 0.29) is 10.8 Å². The first-order chi connectivity index (χ1) is 13.5. The number of nitrogens with zero attached hydrogens (tertiary/aromatic N) is 3. The molecule has 1 amide bonds. The van der Waals surface area contributed by atoms with Gasteiger partial charge < -0.3 is 4.90 Å². The van der Waals surface area contributed by atoms with Crippen LogP contribution in [0.2, 0.25) is 0 Å². The van der Waals surface area contributed by atoms with Gasteiger partial charge in [0.15, 0.2) is 10.8 Å². The van der Waals surface area contributed by atoms with Gasteiger partial charge in [0.2, 0.25) is 0 Å². The van der Waals surface area contributed by atoms with E-state index in [1.807, 2.05) is 38.1 Å². The Morgan fingerprint density at radius 1 is 1.14 bits per heavy atom. The number of rotatable bonds is 3. The summed E-state index contributed by atoms with van der Waals surface area (Å²) < 4.78 is 40.2. The fourth-order valence-electron chi connectivity index (χ4n) is 3.35. The Morgan fingerprint density at radius 3 is 2.24 bits per heavy atom. The van der Waals surface area contributed by atoms with Crippen LogP contribution < -0.4 is 9.80 Å². The molecule has 0 saturated carbocycles. The average molecular weight is 417 g/mol. The maximum Gasteiger partial charge on any atom is 0.407 e. The van der Waals surface area contributed by atoms with Crippen molar-refractivity contribution in [2.75, 3.05) is 9.80 Å². The van der Waals surface area contributed by atoms with Crippen molar-refractivity contribution < 1.29 is 18.0 Å². The molecule has 4 nitrogen and oxygen atoms in total. The molecule has 1 heterocycles. The molecule has 8 heteroatoms. The molecule has 29 heavy (non-hydrogen) atoms. The van der Waals surface area contributed by atoms with Gasteiger partial charge in [0.25, 0.3) is 5.91 Å². The number of hydrogen-bond acceptors (Lipinski definition) is 2. The van der Waals surface area contributed by atoms with E-state index in [0.29, 0.717) is 12.1 Å². The molecule has 1 atom stereocenters. The molecule has 1 aliphatic heterocycles. The van der Waals surface area contributed by atoms with Crippen LogP contribution in [-0.2, 0) is 11.0 Å². The Morgan fingerprint density at radius 2 is 1.72 bits per heavy atom. The minimum absolute atomic E-state index is 0.00554. The molecule has 150 valence electrons. The summed E-state index contributed by atoms with van der Waals surface area (Å²) in [5, 5.41) is 0.104. The lowest BCUT2D eigenvalue weighted by Gasteiger charge is -2.32. The van der Waals surface area contributed by atoms with Crippen LogP contribution in [0, 0.1) is 13.5 Å². The summed E-state index contributed by atoms with van der Waals surface area (Å²) in [5.74, 6) is -0.408. The van der Waals surface area contributed by atoms with E-state index in [1.54, 1.807) is 11.8 Å². The third kappa shape index (κ3) is 3.36. The van der Waals surface area contributed by atoms with Gasteiger partial charge in [-0.1, -0.05) is 30.7 Å². The zero-order valence-electron chi connectivity index (χ0n) is 16.0. The molecule has 1 unspecified atom stereocenters. The maximum absolute atomic E-state index is 13.4. The topological polar surface area (TPSA) is 27.9 Å². The molecule has 1 saturated heterocycles. The van der Waals surface area contributed by atoms with E-state index in [2.05, 4.69) is 4.85 Å². The van der Waals surface area contributed by atoms with Gasteiger partial charge in [0.05, 0.1) is 12.1 Å². The monoisotopic (exact) mass is 417 g/mol. The molecule has 1 fully saturated rings. The second kappa shape index (κ2) is 7.16. The van der Waals surface area contributed by atoms with Crippen molar-refractivity contribution in [2.24, 2.45) is 0 Å². The maximum atomic E-state index is 13.4. The smallest absolute Gasteiger partial charge is 0.303 e. The Labute approximate surface area is 172 Å². The summed E-state index contributed by atoms with van der Waals surface area (Å²) in [5.41, 5.74) is -0.933. The fraction of sp³-hybridized carbons (Fsp3) is 0.286. The molecule has 0 spiro atoms. The number of amides is 1. The molecule has 2 aromatic rings. The molecule has 2 aromatic carbocycles. The number of thiocarbonyl (C=S) groups is 1. The molecular formula is C21H18F3N3OS. The predicted octanol–water partition coefficient (Wildman–Crippen LogP) is 5.87. The van der Waals surface area contributed by atoms with Gasteiger partial charge in [-0.3, -0.25) is 9.69 Å². The number of anilines is 2. The molecular weight excluding hydrogens is 399 g/mol. The highest BCUT2D eigenvalue weighted by Crippen LogP contribution is 2.42. The van der Waals surface area contributed by atoms with Crippen molar-refractivity contribution in [2.45, 2.75) is 38.9 Å². The summed E-state index contributed by atoms with van der Waals surface area (Å²) >= 11 is 5.54. The van der Waals surface area contributed by atoms with E-state index in [4.69, 9.17) is 18.8 Å². The number of carbonyl (C=O) groups is 1. The second-order valence-corrected chi connectivity index (χ2v) is 7.40. The normalized spacial score (nSPS) is 19.6. The van der Waals surface area contributed by atoms with Gasteiger partial charge in [0, 0.05) is 11.4 Å². The Bertz CT molecular complexity index is 1030. The van der Waals surface area contributed by atoms with Crippen LogP contribution in [0.5, 0.6) is 0 Å². The van der Waals surface area contributed by atoms with Crippen LogP contribution in [0.3, 0.4) is 0 Å². The quantitative estimate of drug-likeness (QED) is 0.462. The molecule has 0 N–H and O–H groups in total. The van der Waals surface area contributed by atoms with Crippen LogP contribution in [0.15, 0.2) is 42.5 Å². The van der Waals surface area contributed by atoms with Gasteiger partial charge in [0.1, 0.15) is 5.54 Å². The van der Waals surface area contributed by atoms with Crippen LogP contribution in [0.1, 0.15) is 31.4 Å². The molecule has 0 aliphatic carbocycles. The number of carbonyl (C=O) groups excluding carboxylic acids is 1. The van der Waals surface area contributed by atoms with E-state index >= 15 is 0 Å². The summed E-state index contributed by atoms with van der Waals surface area (Å²) in [7, 11) is 0. The number of benzene rings is 2. The highest BCUT2D eigenvalue weighted by Gasteiger charge is 2.52. The molecule has 0 aromatic heterocycles. The standard InChI is InChI=1S/C21H18F3N3OS/c1-5-20(3)18(28)26(19(29)27(20)14-8-6-13(2)7-9-14)15-10-11-17(25-4)16(12-15)21(22,23)24/h6-12H,5H2,1-3H3. The summed E-state index contributed by atoms with van der Waals surface area (Å²) in [4.78, 5) is 19.0. The Kier molecular flexibility index (Phi) is 5.13. The van der Waals surface area contributed by atoms with Crippen molar-refractivity contribution in [1.82, 2.24) is 0 Å². The van der Waals surface area contributed by atoms with Crippen LogP contribution >= 0.6 is 12.2 Å². The number of aryl methyl sites for hydroxylation is 1. The second-order valence-electron chi connectivity index (χ2n) is 7.03. The van der Waals surface area contributed by atoms with E-state index < -0.39 is 28.9 Å². The third-order valence-corrected chi connectivity index (χ3v) is 5.55. The lowest BCUT2D eigenvalue weighted by Crippen LogP contribution is -2.46. The van der Waals surface area contributed by atoms with E-state index in [0.717, 1.165) is 22.6 Å². The van der Waals surface area contributed by atoms with Gasteiger partial charge in [-0.2, -0.15) is 13.2 Å². The van der Waals surface area contributed by atoms with Crippen LogP contribution in [-0.4, -0.2) is 16.6 Å². The highest BCUT2D eigenvalue weighted by molar-refractivity contribution is 7.81. The van der Waals surface area contributed by atoms with Crippen molar-refractivity contribution >= 4 is 40.3 Å². The van der Waals surface area contributed by atoms with Gasteiger partial charge in [-0.05, 0) is 56.8 Å². The minimum atomic E-state index is -4.72. The molecule has 0 radical (unpaired) electrons. The molecule has 0 bridgehead atoms.